The van der Waals surface area contributed by atoms with Gasteiger partial charge in [0.15, 0.2) is 0 Å². The van der Waals surface area contributed by atoms with Gasteiger partial charge in [0.1, 0.15) is 11.0 Å². The Morgan fingerprint density at radius 3 is 2.13 bits per heavy atom. The molecule has 0 unspecified atom stereocenters. The van der Waals surface area contributed by atoms with Gasteiger partial charge in [-0.1, -0.05) is 47.9 Å². The molecule has 0 saturated heterocycles. The van der Waals surface area contributed by atoms with Gasteiger partial charge in [-0.25, -0.2) is 9.36 Å². The Morgan fingerprint density at radius 1 is 0.900 bits per heavy atom. The first kappa shape index (κ1) is 17.9. The zero-order valence-electron chi connectivity index (χ0n) is 16.2. The van der Waals surface area contributed by atoms with E-state index in [4.69, 9.17) is 0 Å². The number of allylic oxidation sites excluding steroid dienone is 4. The lowest BCUT2D eigenvalue weighted by Crippen LogP contribution is -2.26. The van der Waals surface area contributed by atoms with Gasteiger partial charge in [0, 0.05) is 23.4 Å². The van der Waals surface area contributed by atoms with E-state index in [2.05, 4.69) is 21.7 Å². The van der Waals surface area contributed by atoms with Gasteiger partial charge >= 0.3 is 0 Å². The molecular weight excluding hydrogens is 378 g/mol. The Morgan fingerprint density at radius 2 is 1.53 bits per heavy atom. The average molecular weight is 395 g/mol. The van der Waals surface area contributed by atoms with Gasteiger partial charge in [0.05, 0.1) is 25.5 Å². The Labute approximate surface area is 170 Å². The maximum Gasteiger partial charge on any atom is 0.291 e. The molecule has 0 amide bonds. The SMILES string of the molecule is Cn1c2c(=O)n(CC3=C=C=CC=C3)ncc2c2cnn(Cc3ccccc3)c(=O)c21. The summed E-state index contributed by atoms with van der Waals surface area (Å²) in [6, 6.07) is 9.66. The second kappa shape index (κ2) is 7.01. The van der Waals surface area contributed by atoms with Gasteiger partial charge in [0.2, 0.25) is 0 Å². The molecule has 1 aliphatic rings. The second-order valence-corrected chi connectivity index (χ2v) is 7.10. The topological polar surface area (TPSA) is 74.7 Å². The number of benzene rings is 1. The zero-order chi connectivity index (χ0) is 20.7. The third-order valence-electron chi connectivity index (χ3n) is 5.20. The lowest BCUT2D eigenvalue weighted by molar-refractivity contribution is 0.641. The van der Waals surface area contributed by atoms with Crippen molar-refractivity contribution >= 4 is 21.8 Å². The fraction of sp³-hybridized carbons (Fsp3) is 0.130. The van der Waals surface area contributed by atoms with Gasteiger partial charge in [-0.3, -0.25) is 9.59 Å². The van der Waals surface area contributed by atoms with Gasteiger partial charge in [-0.05, 0) is 17.7 Å². The molecule has 3 heterocycles. The maximum atomic E-state index is 13.2. The van der Waals surface area contributed by atoms with Crippen molar-refractivity contribution in [1.82, 2.24) is 24.1 Å². The first-order valence-corrected chi connectivity index (χ1v) is 9.49. The van der Waals surface area contributed by atoms with Crippen LogP contribution in [-0.4, -0.2) is 24.1 Å². The fourth-order valence-electron chi connectivity index (χ4n) is 3.73. The molecule has 0 aliphatic heterocycles. The number of hydrogen-bond acceptors (Lipinski definition) is 4. The first-order valence-electron chi connectivity index (χ1n) is 9.49. The summed E-state index contributed by atoms with van der Waals surface area (Å²) in [6.07, 6.45) is 8.71. The Hall–Kier alpha value is -4.18. The number of fused-ring (bicyclic) bond motifs is 3. The van der Waals surface area contributed by atoms with Crippen molar-refractivity contribution in [2.45, 2.75) is 13.1 Å². The molecule has 7 nitrogen and oxygen atoms in total. The van der Waals surface area contributed by atoms with Crippen LogP contribution in [0.2, 0.25) is 0 Å². The zero-order valence-corrected chi connectivity index (χ0v) is 16.2. The van der Waals surface area contributed by atoms with Crippen molar-refractivity contribution < 1.29 is 0 Å². The number of nitrogens with zero attached hydrogens (tertiary/aromatic N) is 5. The van der Waals surface area contributed by atoms with Crippen LogP contribution in [0.15, 0.2) is 87.6 Å². The van der Waals surface area contributed by atoms with E-state index in [0.29, 0.717) is 28.4 Å². The predicted molar refractivity (Wildman–Crippen MR) is 114 cm³/mol. The molecule has 4 aromatic rings. The predicted octanol–water partition coefficient (Wildman–Crippen LogP) is 2.30. The Kier molecular flexibility index (Phi) is 4.18. The van der Waals surface area contributed by atoms with E-state index in [1.54, 1.807) is 30.1 Å². The lowest BCUT2D eigenvalue weighted by Gasteiger charge is -2.05. The monoisotopic (exact) mass is 395 g/mol. The van der Waals surface area contributed by atoms with Crippen LogP contribution < -0.4 is 11.1 Å². The summed E-state index contributed by atoms with van der Waals surface area (Å²) in [5.41, 5.74) is 7.99. The normalized spacial score (nSPS) is 12.8. The molecule has 1 aromatic carbocycles. The van der Waals surface area contributed by atoms with Gasteiger partial charge in [-0.2, -0.15) is 10.2 Å². The van der Waals surface area contributed by atoms with E-state index in [1.165, 1.54) is 9.36 Å². The van der Waals surface area contributed by atoms with E-state index >= 15 is 0 Å². The van der Waals surface area contributed by atoms with Gasteiger partial charge < -0.3 is 4.57 Å². The molecular formula is C23H17N5O2. The molecule has 0 radical (unpaired) electrons. The van der Waals surface area contributed by atoms with Crippen LogP contribution in [0.3, 0.4) is 0 Å². The summed E-state index contributed by atoms with van der Waals surface area (Å²) >= 11 is 0. The molecule has 3 aromatic heterocycles. The molecule has 0 saturated carbocycles. The van der Waals surface area contributed by atoms with Crippen LogP contribution in [0.25, 0.3) is 21.8 Å². The molecule has 1 aliphatic carbocycles. The molecule has 0 spiro atoms. The van der Waals surface area contributed by atoms with Crippen molar-refractivity contribution in [3.8, 4) is 0 Å². The smallest absolute Gasteiger partial charge is 0.291 e. The second-order valence-electron chi connectivity index (χ2n) is 7.10. The number of aryl methyl sites for hydroxylation is 1. The molecule has 146 valence electrons. The molecule has 7 heteroatoms. The van der Waals surface area contributed by atoms with E-state index in [9.17, 15) is 9.59 Å². The van der Waals surface area contributed by atoms with Crippen LogP contribution in [-0.2, 0) is 20.1 Å². The van der Waals surface area contributed by atoms with Gasteiger partial charge in [0.25, 0.3) is 11.1 Å². The first-order chi connectivity index (χ1) is 14.6. The minimum Gasteiger partial charge on any atom is -0.334 e. The summed E-state index contributed by atoms with van der Waals surface area (Å²) in [6.45, 7) is 0.643. The van der Waals surface area contributed by atoms with Crippen molar-refractivity contribution in [2.75, 3.05) is 0 Å². The lowest BCUT2D eigenvalue weighted by atomic mass is 10.2. The van der Waals surface area contributed by atoms with Crippen LogP contribution in [0.4, 0.5) is 0 Å². The van der Waals surface area contributed by atoms with E-state index in [-0.39, 0.29) is 17.7 Å². The summed E-state index contributed by atoms with van der Waals surface area (Å²) in [7, 11) is 1.73. The summed E-state index contributed by atoms with van der Waals surface area (Å²) in [5, 5.41) is 9.88. The Bertz CT molecular complexity index is 1550. The van der Waals surface area contributed by atoms with Crippen LogP contribution in [0, 0.1) is 0 Å². The van der Waals surface area contributed by atoms with Crippen LogP contribution in [0.1, 0.15) is 5.56 Å². The van der Waals surface area contributed by atoms with Crippen molar-refractivity contribution in [1.29, 1.82) is 0 Å². The fourth-order valence-corrected chi connectivity index (χ4v) is 3.73. The van der Waals surface area contributed by atoms with Crippen LogP contribution >= 0.6 is 0 Å². The average Bonchev–Trinajstić information content (AvgIpc) is 3.07. The Balaban J connectivity index is 1.68. The molecule has 0 atom stereocenters. The molecule has 0 fully saturated rings. The minimum absolute atomic E-state index is 0.244. The molecule has 0 bridgehead atoms. The summed E-state index contributed by atoms with van der Waals surface area (Å²) in [5.74, 6) is 0. The van der Waals surface area contributed by atoms with Gasteiger partial charge in [-0.15, -0.1) is 0 Å². The summed E-state index contributed by atoms with van der Waals surface area (Å²) in [4.78, 5) is 26.3. The quantitative estimate of drug-likeness (QED) is 0.497. The van der Waals surface area contributed by atoms with Crippen molar-refractivity contribution in [3.63, 3.8) is 0 Å². The highest BCUT2D eigenvalue weighted by atomic mass is 16.1. The third-order valence-corrected chi connectivity index (χ3v) is 5.20. The number of hydrogen-bond donors (Lipinski definition) is 0. The van der Waals surface area contributed by atoms with Crippen molar-refractivity contribution in [3.05, 3.63) is 104 Å². The highest BCUT2D eigenvalue weighted by molar-refractivity contribution is 6.06. The minimum atomic E-state index is -0.266. The van der Waals surface area contributed by atoms with E-state index in [0.717, 1.165) is 11.1 Å². The highest BCUT2D eigenvalue weighted by Crippen LogP contribution is 2.22. The third kappa shape index (κ3) is 2.86. The number of aromatic nitrogens is 5. The van der Waals surface area contributed by atoms with Crippen molar-refractivity contribution in [2.24, 2.45) is 7.05 Å². The van der Waals surface area contributed by atoms with Crippen LogP contribution in [0.5, 0.6) is 0 Å². The number of rotatable bonds is 4. The summed E-state index contributed by atoms with van der Waals surface area (Å²) < 4.78 is 4.44. The standard InChI is InChI=1S/C23H17N5O2/c1-26-20-18(12-24-27(22(20)29)14-16-8-4-2-5-9-16)19-13-25-28(23(30)21(19)26)15-17-10-6-3-7-11-17/h2-6,8-10,12-13H,14-15H2,1H3. The molecule has 0 N–H and O–H groups in total. The molecule has 30 heavy (non-hydrogen) atoms. The van der Waals surface area contributed by atoms with E-state index in [1.807, 2.05) is 42.5 Å². The van der Waals surface area contributed by atoms with E-state index < -0.39 is 0 Å². The molecule has 5 rings (SSSR count). The maximum absolute atomic E-state index is 13.2. The highest BCUT2D eigenvalue weighted by Gasteiger charge is 2.18. The largest absolute Gasteiger partial charge is 0.334 e.